The summed E-state index contributed by atoms with van der Waals surface area (Å²) in [5.74, 6) is -1.54. The second-order valence-corrected chi connectivity index (χ2v) is 5.23. The number of unbranched alkanes of at least 4 members (excludes halogenated alkanes) is 3. The molecule has 24 heavy (non-hydrogen) atoms. The van der Waals surface area contributed by atoms with E-state index in [1.54, 1.807) is 0 Å². The van der Waals surface area contributed by atoms with Crippen LogP contribution in [0.4, 0.5) is 0 Å². The Morgan fingerprint density at radius 3 is 2.17 bits per heavy atom. The summed E-state index contributed by atoms with van der Waals surface area (Å²) in [6.07, 6.45) is 7.20. The number of rotatable bonds is 11. The summed E-state index contributed by atoms with van der Waals surface area (Å²) in [6, 6.07) is 0. The molecular weight excluding hydrogens is 312 g/mol. The molecule has 0 aromatic heterocycles. The summed E-state index contributed by atoms with van der Waals surface area (Å²) in [7, 11) is 1.23. The van der Waals surface area contributed by atoms with E-state index in [2.05, 4.69) is 0 Å². The molecule has 0 saturated carbocycles. The fourth-order valence-corrected chi connectivity index (χ4v) is 1.85. The maximum atomic E-state index is 12.0. The average molecular weight is 340 g/mol. The smallest absolute Gasteiger partial charge is 0.341 e. The second kappa shape index (κ2) is 13.3. The Bertz CT molecular complexity index is 476. The Kier molecular flexibility index (Phi) is 12.2. The van der Waals surface area contributed by atoms with Gasteiger partial charge < -0.3 is 14.2 Å². The average Bonchev–Trinajstić information content (AvgIpc) is 2.54. The molecule has 0 rings (SSSR count). The van der Waals surface area contributed by atoms with Gasteiger partial charge in [0.1, 0.15) is 5.76 Å². The summed E-state index contributed by atoms with van der Waals surface area (Å²) in [5.41, 5.74) is 0.0521. The van der Waals surface area contributed by atoms with Crippen LogP contribution in [0.1, 0.15) is 59.3 Å². The number of carbonyl (C=O) groups excluding carboxylic acids is 3. The molecule has 0 bridgehead atoms. The molecule has 0 saturated heterocycles. The first kappa shape index (κ1) is 21.9. The fourth-order valence-electron chi connectivity index (χ4n) is 1.85. The molecule has 0 aliphatic rings. The summed E-state index contributed by atoms with van der Waals surface area (Å²) >= 11 is 0. The van der Waals surface area contributed by atoms with Crippen molar-refractivity contribution in [2.24, 2.45) is 0 Å². The molecule has 0 unspecified atom stereocenters. The highest BCUT2D eigenvalue weighted by Gasteiger charge is 2.17. The molecule has 0 fully saturated rings. The van der Waals surface area contributed by atoms with Crippen molar-refractivity contribution in [1.29, 1.82) is 0 Å². The summed E-state index contributed by atoms with van der Waals surface area (Å²) < 4.78 is 14.9. The van der Waals surface area contributed by atoms with Gasteiger partial charge in [-0.1, -0.05) is 33.1 Å². The quantitative estimate of drug-likeness (QED) is 0.143. The van der Waals surface area contributed by atoms with E-state index >= 15 is 0 Å². The monoisotopic (exact) mass is 340 g/mol. The van der Waals surface area contributed by atoms with Gasteiger partial charge in [0.2, 0.25) is 0 Å². The van der Waals surface area contributed by atoms with Crippen LogP contribution in [-0.4, -0.2) is 31.6 Å². The number of hydrogen-bond acceptors (Lipinski definition) is 6. The van der Waals surface area contributed by atoms with Crippen LogP contribution >= 0.6 is 0 Å². The molecule has 0 aromatic carbocycles. The lowest BCUT2D eigenvalue weighted by molar-refractivity contribution is -0.138. The van der Waals surface area contributed by atoms with Gasteiger partial charge in [-0.25, -0.2) is 9.59 Å². The molecule has 0 N–H and O–H groups in total. The van der Waals surface area contributed by atoms with Gasteiger partial charge in [0, 0.05) is 19.4 Å². The van der Waals surface area contributed by atoms with Crippen molar-refractivity contribution in [2.75, 3.05) is 13.7 Å². The van der Waals surface area contributed by atoms with Crippen LogP contribution in [0.2, 0.25) is 0 Å². The molecule has 0 aliphatic carbocycles. The van der Waals surface area contributed by atoms with Crippen molar-refractivity contribution in [2.45, 2.75) is 59.3 Å². The molecule has 0 atom stereocenters. The zero-order valence-corrected chi connectivity index (χ0v) is 15.1. The molecule has 136 valence electrons. The fraction of sp³-hybridized carbons (Fsp3) is 0.611. The predicted molar refractivity (Wildman–Crippen MR) is 90.0 cm³/mol. The molecular formula is C18H28O6. The van der Waals surface area contributed by atoms with Gasteiger partial charge >= 0.3 is 17.9 Å². The van der Waals surface area contributed by atoms with Gasteiger partial charge in [-0.05, 0) is 18.9 Å². The van der Waals surface area contributed by atoms with Gasteiger partial charge in [0.25, 0.3) is 0 Å². The molecule has 6 nitrogen and oxygen atoms in total. The maximum absolute atomic E-state index is 12.0. The Balaban J connectivity index is 5.27. The zero-order valence-electron chi connectivity index (χ0n) is 15.1. The molecule has 0 aromatic rings. The first-order chi connectivity index (χ1) is 11.5. The normalized spacial score (nSPS) is 11.8. The first-order valence-corrected chi connectivity index (χ1v) is 8.30. The molecule has 0 radical (unpaired) electrons. The van der Waals surface area contributed by atoms with Gasteiger partial charge in [0.05, 0.1) is 19.3 Å². The number of allylic oxidation sites excluding steroid dienone is 1. The van der Waals surface area contributed by atoms with Gasteiger partial charge in [-0.15, -0.1) is 0 Å². The third-order valence-electron chi connectivity index (χ3n) is 3.11. The molecule has 0 spiro atoms. The molecule has 0 amide bonds. The molecule has 6 heteroatoms. The highest BCUT2D eigenvalue weighted by molar-refractivity contribution is 5.94. The third kappa shape index (κ3) is 9.82. The third-order valence-corrected chi connectivity index (χ3v) is 3.11. The van der Waals surface area contributed by atoms with Gasteiger partial charge in [0.15, 0.2) is 0 Å². The van der Waals surface area contributed by atoms with E-state index in [1.165, 1.54) is 20.1 Å². The molecule has 0 aliphatic heterocycles. The van der Waals surface area contributed by atoms with E-state index < -0.39 is 17.9 Å². The number of carbonyl (C=O) groups is 3. The van der Waals surface area contributed by atoms with Crippen LogP contribution in [0.5, 0.6) is 0 Å². The summed E-state index contributed by atoms with van der Waals surface area (Å²) in [4.78, 5) is 34.9. The highest BCUT2D eigenvalue weighted by atomic mass is 16.5. The van der Waals surface area contributed by atoms with Crippen molar-refractivity contribution in [1.82, 2.24) is 0 Å². The number of esters is 3. The number of hydrogen-bond donors (Lipinski definition) is 0. The van der Waals surface area contributed by atoms with Crippen molar-refractivity contribution in [3.63, 3.8) is 0 Å². The van der Waals surface area contributed by atoms with E-state index in [1.807, 2.05) is 13.8 Å². The van der Waals surface area contributed by atoms with E-state index in [9.17, 15) is 14.4 Å². The topological polar surface area (TPSA) is 78.9 Å². The lowest BCUT2D eigenvalue weighted by Crippen LogP contribution is -2.11. The van der Waals surface area contributed by atoms with Crippen LogP contribution < -0.4 is 0 Å². The van der Waals surface area contributed by atoms with E-state index in [0.29, 0.717) is 13.0 Å². The highest BCUT2D eigenvalue weighted by Crippen LogP contribution is 2.18. The lowest BCUT2D eigenvalue weighted by Gasteiger charge is -2.11. The SMILES string of the molecule is CCCCC/C(OC(C)=O)=C(\C=C\C(=O)OCCCC)C(=O)OC. The Morgan fingerprint density at radius 2 is 1.62 bits per heavy atom. The predicted octanol–water partition coefficient (Wildman–Crippen LogP) is 3.46. The van der Waals surface area contributed by atoms with Crippen LogP contribution in [-0.2, 0) is 28.6 Å². The molecule has 0 heterocycles. The van der Waals surface area contributed by atoms with Crippen LogP contribution in [0, 0.1) is 0 Å². The largest absolute Gasteiger partial charge is 0.465 e. The van der Waals surface area contributed by atoms with E-state index in [4.69, 9.17) is 14.2 Å². The minimum absolute atomic E-state index is 0.0521. The maximum Gasteiger partial charge on any atom is 0.341 e. The lowest BCUT2D eigenvalue weighted by atomic mass is 10.1. The van der Waals surface area contributed by atoms with Gasteiger partial charge in [-0.3, -0.25) is 4.79 Å². The van der Waals surface area contributed by atoms with E-state index in [0.717, 1.165) is 38.2 Å². The number of methoxy groups -OCH3 is 1. The van der Waals surface area contributed by atoms with Crippen molar-refractivity contribution < 1.29 is 28.6 Å². The summed E-state index contributed by atoms with van der Waals surface area (Å²) in [6.45, 7) is 5.62. The standard InChI is InChI=1S/C18H28O6/c1-5-7-9-10-16(24-14(3)19)15(18(21)22-4)11-12-17(20)23-13-8-6-2/h11-12H,5-10,13H2,1-4H3/b12-11+,16-15-. The van der Waals surface area contributed by atoms with Crippen LogP contribution in [0.25, 0.3) is 0 Å². The van der Waals surface area contributed by atoms with Crippen molar-refractivity contribution in [3.05, 3.63) is 23.5 Å². The Hall–Kier alpha value is -2.11. The minimum Gasteiger partial charge on any atom is -0.465 e. The van der Waals surface area contributed by atoms with Crippen molar-refractivity contribution in [3.8, 4) is 0 Å². The Labute approximate surface area is 143 Å². The summed E-state index contributed by atoms with van der Waals surface area (Å²) in [5, 5.41) is 0. The van der Waals surface area contributed by atoms with E-state index in [-0.39, 0.29) is 11.3 Å². The Morgan fingerprint density at radius 1 is 0.958 bits per heavy atom. The van der Waals surface area contributed by atoms with Gasteiger partial charge in [-0.2, -0.15) is 0 Å². The second-order valence-electron chi connectivity index (χ2n) is 5.23. The minimum atomic E-state index is -0.666. The van der Waals surface area contributed by atoms with Crippen molar-refractivity contribution >= 4 is 17.9 Å². The first-order valence-electron chi connectivity index (χ1n) is 8.30. The zero-order chi connectivity index (χ0) is 18.4. The van der Waals surface area contributed by atoms with Crippen LogP contribution in [0.3, 0.4) is 0 Å². The van der Waals surface area contributed by atoms with Crippen LogP contribution in [0.15, 0.2) is 23.5 Å². The number of ether oxygens (including phenoxy) is 3.